The van der Waals surface area contributed by atoms with Gasteiger partial charge in [-0.2, -0.15) is 0 Å². The summed E-state index contributed by atoms with van der Waals surface area (Å²) in [7, 11) is 0. The molecule has 19 heavy (non-hydrogen) atoms. The maximum Gasteiger partial charge on any atom is 0.272 e. The Balaban J connectivity index is 2.33. The van der Waals surface area contributed by atoms with Gasteiger partial charge in [0.05, 0.1) is 9.80 Å². The van der Waals surface area contributed by atoms with Crippen LogP contribution in [0.15, 0.2) is 23.6 Å². The molecule has 0 amide bonds. The van der Waals surface area contributed by atoms with E-state index < -0.39 is 4.92 Å². The van der Waals surface area contributed by atoms with Crippen LogP contribution in [0.3, 0.4) is 0 Å². The maximum atomic E-state index is 10.8. The van der Waals surface area contributed by atoms with Crippen LogP contribution in [0.4, 0.5) is 5.69 Å². The van der Waals surface area contributed by atoms with Crippen LogP contribution in [0, 0.1) is 24.0 Å². The number of nitro groups is 1. The molecule has 0 saturated carbocycles. The number of benzene rings is 1. The standard InChI is InChI=1S/C13H11NO4S/c1-8-4-13(9(2)3-12(8)14(16)17)18-10-5-11(6-15)19-7-10/h3-7H,1-2H3. The second-order valence-electron chi connectivity index (χ2n) is 4.07. The van der Waals surface area contributed by atoms with E-state index in [2.05, 4.69) is 0 Å². The van der Waals surface area contributed by atoms with E-state index in [1.165, 1.54) is 17.4 Å². The first kappa shape index (κ1) is 13.2. The van der Waals surface area contributed by atoms with Crippen molar-refractivity contribution >= 4 is 23.3 Å². The number of aryl methyl sites for hydroxylation is 2. The summed E-state index contributed by atoms with van der Waals surface area (Å²) >= 11 is 1.29. The zero-order valence-corrected chi connectivity index (χ0v) is 11.2. The molecule has 1 aromatic heterocycles. The van der Waals surface area contributed by atoms with Crippen molar-refractivity contribution in [1.82, 2.24) is 0 Å². The summed E-state index contributed by atoms with van der Waals surface area (Å²) in [4.78, 5) is 21.6. The average Bonchev–Trinajstić information content (AvgIpc) is 2.80. The van der Waals surface area contributed by atoms with Gasteiger partial charge in [-0.1, -0.05) is 0 Å². The van der Waals surface area contributed by atoms with Crippen molar-refractivity contribution in [2.75, 3.05) is 0 Å². The van der Waals surface area contributed by atoms with Gasteiger partial charge in [0.1, 0.15) is 11.5 Å². The number of hydrogen-bond acceptors (Lipinski definition) is 5. The molecule has 0 atom stereocenters. The number of aldehydes is 1. The third-order valence-corrected chi connectivity index (χ3v) is 3.47. The third kappa shape index (κ3) is 2.79. The van der Waals surface area contributed by atoms with Crippen LogP contribution in [-0.4, -0.2) is 11.2 Å². The van der Waals surface area contributed by atoms with Crippen LogP contribution >= 0.6 is 11.3 Å². The lowest BCUT2D eigenvalue weighted by molar-refractivity contribution is -0.385. The molecule has 0 aliphatic rings. The van der Waals surface area contributed by atoms with E-state index in [-0.39, 0.29) is 5.69 Å². The van der Waals surface area contributed by atoms with Crippen LogP contribution in [0.25, 0.3) is 0 Å². The monoisotopic (exact) mass is 277 g/mol. The summed E-state index contributed by atoms with van der Waals surface area (Å²) in [6.45, 7) is 3.41. The smallest absolute Gasteiger partial charge is 0.272 e. The SMILES string of the molecule is Cc1cc([N+](=O)[O-])c(C)cc1Oc1csc(C=O)c1. The van der Waals surface area contributed by atoms with Gasteiger partial charge in [0.2, 0.25) is 0 Å². The summed E-state index contributed by atoms with van der Waals surface area (Å²) in [6, 6.07) is 4.75. The minimum absolute atomic E-state index is 0.0729. The topological polar surface area (TPSA) is 69.4 Å². The Hall–Kier alpha value is -2.21. The Kier molecular flexibility index (Phi) is 3.62. The summed E-state index contributed by atoms with van der Waals surface area (Å²) in [6.07, 6.45) is 0.755. The number of rotatable bonds is 4. The van der Waals surface area contributed by atoms with E-state index in [4.69, 9.17) is 4.74 Å². The first-order chi connectivity index (χ1) is 9.01. The minimum Gasteiger partial charge on any atom is -0.456 e. The van der Waals surface area contributed by atoms with Gasteiger partial charge < -0.3 is 4.74 Å². The highest BCUT2D eigenvalue weighted by Gasteiger charge is 2.14. The van der Waals surface area contributed by atoms with Crippen LogP contribution in [-0.2, 0) is 0 Å². The predicted octanol–water partition coefficient (Wildman–Crippen LogP) is 3.88. The molecule has 0 fully saturated rings. The number of hydrogen-bond donors (Lipinski definition) is 0. The Morgan fingerprint density at radius 3 is 2.58 bits per heavy atom. The fourth-order valence-corrected chi connectivity index (χ4v) is 2.27. The number of carbonyl (C=O) groups is 1. The Morgan fingerprint density at radius 2 is 2.00 bits per heavy atom. The van der Waals surface area contributed by atoms with Gasteiger partial charge in [0.15, 0.2) is 6.29 Å². The molecule has 0 N–H and O–H groups in total. The summed E-state index contributed by atoms with van der Waals surface area (Å²) in [5.41, 5.74) is 1.29. The van der Waals surface area contributed by atoms with Gasteiger partial charge in [0, 0.05) is 23.1 Å². The quantitative estimate of drug-likeness (QED) is 0.483. The molecule has 1 heterocycles. The van der Waals surface area contributed by atoms with Crippen LogP contribution in [0.2, 0.25) is 0 Å². The highest BCUT2D eigenvalue weighted by atomic mass is 32.1. The lowest BCUT2D eigenvalue weighted by Gasteiger charge is -2.08. The van der Waals surface area contributed by atoms with Gasteiger partial charge in [0.25, 0.3) is 5.69 Å². The van der Waals surface area contributed by atoms with E-state index in [9.17, 15) is 14.9 Å². The molecular weight excluding hydrogens is 266 g/mol. The van der Waals surface area contributed by atoms with E-state index >= 15 is 0 Å². The first-order valence-corrected chi connectivity index (χ1v) is 6.36. The Morgan fingerprint density at radius 1 is 1.26 bits per heavy atom. The molecule has 2 rings (SSSR count). The molecule has 0 radical (unpaired) electrons. The molecule has 0 aliphatic heterocycles. The van der Waals surface area contributed by atoms with Gasteiger partial charge in [-0.05, 0) is 25.5 Å². The Labute approximate surface area is 113 Å². The van der Waals surface area contributed by atoms with Crippen molar-refractivity contribution in [2.45, 2.75) is 13.8 Å². The molecule has 0 spiro atoms. The number of thiophene rings is 1. The lowest BCUT2D eigenvalue weighted by Crippen LogP contribution is -1.95. The molecule has 98 valence electrons. The molecule has 6 heteroatoms. The highest BCUT2D eigenvalue weighted by Crippen LogP contribution is 2.32. The zero-order valence-electron chi connectivity index (χ0n) is 10.4. The summed E-state index contributed by atoms with van der Waals surface area (Å²) in [5.74, 6) is 1.11. The van der Waals surface area contributed by atoms with E-state index in [1.807, 2.05) is 0 Å². The molecule has 1 aromatic carbocycles. The average molecular weight is 277 g/mol. The van der Waals surface area contributed by atoms with Crippen molar-refractivity contribution in [2.24, 2.45) is 0 Å². The second kappa shape index (κ2) is 5.19. The maximum absolute atomic E-state index is 10.8. The van der Waals surface area contributed by atoms with E-state index in [0.29, 0.717) is 27.5 Å². The highest BCUT2D eigenvalue weighted by molar-refractivity contribution is 7.11. The number of nitrogens with zero attached hydrogens (tertiary/aromatic N) is 1. The Bertz CT molecular complexity index is 648. The molecule has 0 saturated heterocycles. The number of carbonyl (C=O) groups excluding carboxylic acids is 1. The van der Waals surface area contributed by atoms with Crippen molar-refractivity contribution in [3.05, 3.63) is 49.7 Å². The van der Waals surface area contributed by atoms with Crippen LogP contribution < -0.4 is 4.74 Å². The summed E-state index contributed by atoms with van der Waals surface area (Å²) < 4.78 is 5.64. The fraction of sp³-hybridized carbons (Fsp3) is 0.154. The fourth-order valence-electron chi connectivity index (χ4n) is 1.66. The van der Waals surface area contributed by atoms with Gasteiger partial charge in [-0.25, -0.2) is 0 Å². The number of ether oxygens (including phenoxy) is 1. The number of nitro benzene ring substituents is 1. The zero-order chi connectivity index (χ0) is 14.0. The summed E-state index contributed by atoms with van der Waals surface area (Å²) in [5, 5.41) is 12.5. The van der Waals surface area contributed by atoms with Crippen LogP contribution in [0.1, 0.15) is 20.8 Å². The van der Waals surface area contributed by atoms with Crippen molar-refractivity contribution in [3.8, 4) is 11.5 Å². The predicted molar refractivity (Wildman–Crippen MR) is 72.4 cm³/mol. The van der Waals surface area contributed by atoms with Crippen molar-refractivity contribution < 1.29 is 14.5 Å². The first-order valence-electron chi connectivity index (χ1n) is 5.48. The molecule has 5 nitrogen and oxygen atoms in total. The van der Waals surface area contributed by atoms with Gasteiger partial charge in [-0.3, -0.25) is 14.9 Å². The van der Waals surface area contributed by atoms with Crippen molar-refractivity contribution in [1.29, 1.82) is 0 Å². The third-order valence-electron chi connectivity index (χ3n) is 2.63. The minimum atomic E-state index is -0.415. The van der Waals surface area contributed by atoms with Crippen molar-refractivity contribution in [3.63, 3.8) is 0 Å². The molecular formula is C13H11NO4S. The van der Waals surface area contributed by atoms with Gasteiger partial charge >= 0.3 is 0 Å². The second-order valence-corrected chi connectivity index (χ2v) is 5.01. The molecule has 0 unspecified atom stereocenters. The lowest BCUT2D eigenvalue weighted by atomic mass is 10.1. The molecule has 0 bridgehead atoms. The van der Waals surface area contributed by atoms with E-state index in [1.54, 1.807) is 31.4 Å². The molecule has 2 aromatic rings. The van der Waals surface area contributed by atoms with Crippen LogP contribution in [0.5, 0.6) is 11.5 Å². The normalized spacial score (nSPS) is 10.2. The largest absolute Gasteiger partial charge is 0.456 e. The van der Waals surface area contributed by atoms with E-state index in [0.717, 1.165) is 6.29 Å². The molecule has 0 aliphatic carbocycles. The van der Waals surface area contributed by atoms with Gasteiger partial charge in [-0.15, -0.1) is 11.3 Å².